The van der Waals surface area contributed by atoms with Crippen LogP contribution in [0.3, 0.4) is 0 Å². The molecule has 2 atom stereocenters. The third-order valence-electron chi connectivity index (χ3n) is 1.24. The normalized spacial score (nSPS) is 40.0. The molecule has 0 aromatic rings. The Morgan fingerprint density at radius 2 is 1.57 bits per heavy atom. The fraction of sp³-hybridized carbons (Fsp3) is 1.00. The van der Waals surface area contributed by atoms with Crippen LogP contribution in [0.25, 0.3) is 0 Å². The van der Waals surface area contributed by atoms with Gasteiger partial charge in [0.2, 0.25) is 15.1 Å². The molecule has 0 amide bonds. The van der Waals surface area contributed by atoms with Crippen molar-refractivity contribution in [3.8, 4) is 0 Å². The highest BCUT2D eigenvalue weighted by Gasteiger charge is 2.38. The van der Waals surface area contributed by atoms with Gasteiger partial charge < -0.3 is 0 Å². The molecule has 0 saturated carbocycles. The summed E-state index contributed by atoms with van der Waals surface area (Å²) in [6, 6.07) is 0. The summed E-state index contributed by atoms with van der Waals surface area (Å²) in [6.07, 6.45) is 3.27. The van der Waals surface area contributed by atoms with Crippen LogP contribution in [0.4, 0.5) is 0 Å². The molecule has 2 rings (SSSR count). The second kappa shape index (κ2) is 1.86. The van der Waals surface area contributed by atoms with Gasteiger partial charge in [0, 0.05) is 0 Å². The van der Waals surface area contributed by atoms with Gasteiger partial charge in [-0.15, -0.1) is 0 Å². The van der Waals surface area contributed by atoms with Crippen LogP contribution in [0.5, 0.6) is 0 Å². The summed E-state index contributed by atoms with van der Waals surface area (Å²) in [5, 5.41) is 0. The van der Waals surface area contributed by atoms with Crippen molar-refractivity contribution in [3.05, 3.63) is 0 Å². The number of fused-ring (bicyclic) bond motifs is 2. The van der Waals surface area contributed by atoms with Crippen LogP contribution in [0, 0.1) is 0 Å². The molecule has 0 nitrogen and oxygen atoms in total. The van der Waals surface area contributed by atoms with Crippen LogP contribution in [-0.4, -0.2) is 18.2 Å². The van der Waals surface area contributed by atoms with Gasteiger partial charge in [-0.25, -0.2) is 0 Å². The smallest absolute Gasteiger partial charge is 0.154 e. The molecule has 0 radical (unpaired) electrons. The lowest BCUT2D eigenvalue weighted by Gasteiger charge is -1.64. The molecule has 0 aliphatic carbocycles. The van der Waals surface area contributed by atoms with Crippen molar-refractivity contribution in [2.75, 3.05) is 18.2 Å². The van der Waals surface area contributed by atoms with Crippen LogP contribution in [0.15, 0.2) is 0 Å². The maximum Gasteiger partial charge on any atom is 0.260 e. The molecule has 2 aliphatic rings. The van der Waals surface area contributed by atoms with Crippen molar-refractivity contribution < 1.29 is 0 Å². The molecule has 2 unspecified atom stereocenters. The van der Waals surface area contributed by atoms with Crippen LogP contribution < -0.4 is 0 Å². The van der Waals surface area contributed by atoms with Gasteiger partial charge in [-0.1, -0.05) is 0 Å². The highest BCUT2D eigenvalue weighted by atomic mass is 32.4. The number of hydrogen-bond acceptors (Lipinski definition) is 0. The Labute approximate surface area is 48.4 Å². The van der Waals surface area contributed by atoms with Crippen molar-refractivity contribution >= 4 is 29.5 Å². The second-order valence-electron chi connectivity index (χ2n) is 1.78. The summed E-state index contributed by atoms with van der Waals surface area (Å²) in [4.78, 5) is 0. The first kappa shape index (κ1) is 5.02. The van der Waals surface area contributed by atoms with E-state index in [2.05, 4.69) is 0 Å². The van der Waals surface area contributed by atoms with Crippen molar-refractivity contribution in [1.29, 1.82) is 0 Å². The first-order chi connectivity index (χ1) is 3.45. The lowest BCUT2D eigenvalue weighted by molar-refractivity contribution is 1.56. The molecular weight excluding hydrogens is 160 g/mol. The molecule has 7 heavy (non-hydrogen) atoms. The summed E-state index contributed by atoms with van der Waals surface area (Å²) in [6.45, 7) is 0. The van der Waals surface area contributed by atoms with Gasteiger partial charge in [-0.05, 0) is 0 Å². The van der Waals surface area contributed by atoms with E-state index < -0.39 is 0 Å². The lowest BCUT2D eigenvalue weighted by Crippen LogP contribution is -1.66. The molecule has 4 heteroatoms. The molecule has 0 aromatic heterocycles. The first-order valence-electron chi connectivity index (χ1n) is 2.36. The van der Waals surface area contributed by atoms with Crippen LogP contribution in [-0.2, 0) is 0 Å². The standard InChI is InChI=1S/C3H6P4/c1-2-7-3-6(1)4-5-7/h1-3H2/q+2. The van der Waals surface area contributed by atoms with Gasteiger partial charge in [0.25, 0.3) is 5.90 Å². The van der Waals surface area contributed by atoms with Gasteiger partial charge >= 0.3 is 0 Å². The molecule has 2 aliphatic heterocycles. The lowest BCUT2D eigenvalue weighted by atomic mass is 11.0. The topological polar surface area (TPSA) is 0 Å². The molecule has 2 heterocycles. The van der Waals surface area contributed by atoms with Gasteiger partial charge in [-0.3, -0.25) is 0 Å². The first-order valence-corrected chi connectivity index (χ1v) is 9.69. The largest absolute Gasteiger partial charge is 0.260 e. The maximum absolute atomic E-state index is 1.84. The molecule has 1 saturated heterocycles. The van der Waals surface area contributed by atoms with Crippen molar-refractivity contribution in [2.45, 2.75) is 0 Å². The molecule has 0 spiro atoms. The summed E-state index contributed by atoms with van der Waals surface area (Å²) >= 11 is 0. The molecule has 36 valence electrons. The zero-order valence-corrected chi connectivity index (χ0v) is 7.49. The average Bonchev–Trinajstić information content (AvgIpc) is 2.22. The van der Waals surface area contributed by atoms with Crippen molar-refractivity contribution in [1.82, 2.24) is 0 Å². The van der Waals surface area contributed by atoms with E-state index in [4.69, 9.17) is 0 Å². The predicted octanol–water partition coefficient (Wildman–Crippen LogP) is 3.57. The van der Waals surface area contributed by atoms with Crippen LogP contribution >= 0.6 is 29.5 Å². The van der Waals surface area contributed by atoms with Crippen LogP contribution in [0.2, 0.25) is 0 Å². The minimum absolute atomic E-state index is 0.620. The minimum Gasteiger partial charge on any atom is 0.154 e. The van der Waals surface area contributed by atoms with E-state index in [1.54, 1.807) is 18.2 Å². The van der Waals surface area contributed by atoms with E-state index in [0.29, 0.717) is 14.4 Å². The van der Waals surface area contributed by atoms with Gasteiger partial charge in [-0.2, -0.15) is 0 Å². The van der Waals surface area contributed by atoms with E-state index in [1.165, 1.54) is 0 Å². The number of rotatable bonds is 0. The molecule has 0 N–H and O–H groups in total. The van der Waals surface area contributed by atoms with E-state index in [0.717, 1.165) is 0 Å². The summed E-state index contributed by atoms with van der Waals surface area (Å²) in [5.41, 5.74) is 0. The van der Waals surface area contributed by atoms with Gasteiger partial charge in [0.1, 0.15) is 0 Å². The Hall–Kier alpha value is 1.20. The SMILES string of the molecule is C1C[P+]2=PP=[P+]1C2. The number of hydrogen-bond donors (Lipinski definition) is 0. The Kier molecular flexibility index (Phi) is 1.33. The second-order valence-corrected chi connectivity index (χ2v) is 13.9. The van der Waals surface area contributed by atoms with Crippen molar-refractivity contribution in [3.63, 3.8) is 0 Å². The van der Waals surface area contributed by atoms with E-state index in [-0.39, 0.29) is 0 Å². The third-order valence-corrected chi connectivity index (χ3v) is 18.9. The zero-order valence-electron chi connectivity index (χ0n) is 3.91. The Morgan fingerprint density at radius 1 is 1.00 bits per heavy atom. The Bertz CT molecular complexity index is 138. The quantitative estimate of drug-likeness (QED) is 0.482. The molecular formula is C3H6P4+2. The summed E-state index contributed by atoms with van der Waals surface area (Å²) in [5.74, 6) is 1.69. The summed E-state index contributed by atoms with van der Waals surface area (Å²) in [7, 11) is 4.91. The molecule has 2 bridgehead atoms. The highest BCUT2D eigenvalue weighted by Crippen LogP contribution is 2.69. The summed E-state index contributed by atoms with van der Waals surface area (Å²) < 4.78 is 0. The minimum atomic E-state index is 0.620. The van der Waals surface area contributed by atoms with E-state index >= 15 is 0 Å². The predicted molar refractivity (Wildman–Crippen MR) is 42.3 cm³/mol. The van der Waals surface area contributed by atoms with Gasteiger partial charge in [0.05, 0.1) is 0 Å². The monoisotopic (exact) mass is 166 g/mol. The highest BCUT2D eigenvalue weighted by molar-refractivity contribution is 8.44. The van der Waals surface area contributed by atoms with Crippen molar-refractivity contribution in [2.24, 2.45) is 0 Å². The maximum atomic E-state index is 1.84. The average molecular weight is 166 g/mol. The fourth-order valence-corrected chi connectivity index (χ4v) is 26.5. The van der Waals surface area contributed by atoms with E-state index in [9.17, 15) is 0 Å². The molecule has 1 fully saturated rings. The zero-order chi connectivity index (χ0) is 4.69. The Balaban J connectivity index is 2.45. The van der Waals surface area contributed by atoms with Crippen LogP contribution in [0.1, 0.15) is 0 Å². The third kappa shape index (κ3) is 0.843. The fourth-order valence-electron chi connectivity index (χ4n) is 0.820. The van der Waals surface area contributed by atoms with E-state index in [1.807, 2.05) is 15.1 Å². The Morgan fingerprint density at radius 3 is 1.71 bits per heavy atom. The van der Waals surface area contributed by atoms with Gasteiger partial charge in [0.15, 0.2) is 26.7 Å². The molecule has 0 aromatic carbocycles.